The van der Waals surface area contributed by atoms with Gasteiger partial charge in [-0.1, -0.05) is 0 Å². The molecule has 16 heteroatoms. The van der Waals surface area contributed by atoms with Crippen LogP contribution in [0.4, 0.5) is 0 Å². The molecule has 0 saturated heterocycles. The van der Waals surface area contributed by atoms with E-state index in [0.29, 0.717) is 19.3 Å². The van der Waals surface area contributed by atoms with Gasteiger partial charge in [0, 0.05) is 75.7 Å². The van der Waals surface area contributed by atoms with Crippen molar-refractivity contribution in [2.75, 3.05) is 0 Å². The first-order valence-corrected chi connectivity index (χ1v) is 17.5. The average Bonchev–Trinajstić information content (AvgIpc) is 2.91. The normalized spacial score (nSPS) is 11.2. The molecule has 0 saturated carbocycles. The van der Waals surface area contributed by atoms with Crippen LogP contribution < -0.4 is 15.3 Å². The van der Waals surface area contributed by atoms with E-state index < -0.39 is 56.0 Å². The number of hydrogen-bond acceptors (Lipinski definition) is 15. The Balaban J connectivity index is -0.000000329. The van der Waals surface area contributed by atoms with Crippen molar-refractivity contribution in [1.82, 2.24) is 0 Å². The van der Waals surface area contributed by atoms with Gasteiger partial charge in [-0.2, -0.15) is 0 Å². The van der Waals surface area contributed by atoms with Gasteiger partial charge in [-0.15, -0.1) is 0 Å². The summed E-state index contributed by atoms with van der Waals surface area (Å²) in [5.74, 6) is -5.14. The Morgan fingerprint density at radius 3 is 0.635 bits per heavy atom. The number of hydrogen-bond donors (Lipinski definition) is 0. The third kappa shape index (κ3) is 43.9. The Labute approximate surface area is 320 Å². The van der Waals surface area contributed by atoms with Crippen LogP contribution in [0, 0.1) is 0 Å². The molecule has 0 N–H and O–H groups in total. The predicted molar refractivity (Wildman–Crippen MR) is 186 cm³/mol. The number of carboxylic acid groups (broad SMARTS) is 3. The molecule has 0 amide bonds. The van der Waals surface area contributed by atoms with Gasteiger partial charge in [-0.05, 0) is 83.1 Å². The number of carbonyl (C=O) groups is 6. The van der Waals surface area contributed by atoms with Crippen molar-refractivity contribution in [3.63, 3.8) is 0 Å². The van der Waals surface area contributed by atoms with Crippen molar-refractivity contribution in [1.29, 1.82) is 0 Å². The average molecular weight is 763 g/mol. The summed E-state index contributed by atoms with van der Waals surface area (Å²) in [5, 5.41) is 30.6. The molecule has 300 valence electrons. The summed E-state index contributed by atoms with van der Waals surface area (Å²) in [4.78, 5) is 64.2. The minimum atomic E-state index is -1.35. The fourth-order valence-electron chi connectivity index (χ4n) is 3.91. The second-order valence-electron chi connectivity index (χ2n) is 13.3. The molecule has 52 heavy (non-hydrogen) atoms. The van der Waals surface area contributed by atoms with Crippen molar-refractivity contribution in [2.45, 2.75) is 196 Å². The summed E-state index contributed by atoms with van der Waals surface area (Å²) >= 11 is 0. The fraction of sp³-hybridized carbons (Fsp3) is 0.833. The number of Topliss-reactive ketones (excluding diaryl/α,β-unsaturated/α-hetero) is 3. The molecule has 0 aromatic heterocycles. The van der Waals surface area contributed by atoms with E-state index in [0.717, 1.165) is 0 Å². The summed E-state index contributed by atoms with van der Waals surface area (Å²) < 4.78 is 32.9. The second-order valence-corrected chi connectivity index (χ2v) is 13.3. The molecule has 0 aliphatic carbocycles. The van der Waals surface area contributed by atoms with E-state index in [1.54, 1.807) is 0 Å². The van der Waals surface area contributed by atoms with Crippen LogP contribution in [0.5, 0.6) is 0 Å². The molecule has 0 aromatic carbocycles. The minimum Gasteiger partial charge on any atom is -0.550 e. The van der Waals surface area contributed by atoms with E-state index in [2.05, 4.69) is 0 Å². The van der Waals surface area contributed by atoms with Crippen molar-refractivity contribution in [3.05, 3.63) is 0 Å². The van der Waals surface area contributed by atoms with Gasteiger partial charge in [-0.3, -0.25) is 14.4 Å². The Morgan fingerprint density at radius 1 is 0.365 bits per heavy atom. The van der Waals surface area contributed by atoms with E-state index in [-0.39, 0.29) is 90.6 Å². The third-order valence-electron chi connectivity index (χ3n) is 5.54. The Bertz CT molecular complexity index is 843. The molecule has 0 atom stereocenters. The van der Waals surface area contributed by atoms with E-state index in [1.165, 1.54) is 0 Å². The zero-order chi connectivity index (χ0) is 40.3. The van der Waals surface area contributed by atoms with Crippen LogP contribution in [-0.2, 0) is 57.2 Å². The molecule has 0 aliphatic heterocycles. The van der Waals surface area contributed by atoms with Crippen LogP contribution in [0.2, 0.25) is 0 Å². The number of ether oxygens (including phenoxy) is 6. The van der Waals surface area contributed by atoms with Gasteiger partial charge in [0.1, 0.15) is 17.3 Å². The quantitative estimate of drug-likeness (QED) is 0.0658. The molecule has 15 nitrogen and oxygen atoms in total. The van der Waals surface area contributed by atoms with Crippen molar-refractivity contribution in [3.8, 4) is 0 Å². The zero-order valence-corrected chi connectivity index (χ0v) is 34.4. The molecule has 0 aliphatic rings. The second kappa shape index (κ2) is 33.3. The molecule has 0 radical (unpaired) electrons. The zero-order valence-electron chi connectivity index (χ0n) is 33.3. The van der Waals surface area contributed by atoms with E-state index in [4.69, 9.17) is 28.4 Å². The van der Waals surface area contributed by atoms with Gasteiger partial charge >= 0.3 is 17.4 Å². The third-order valence-corrected chi connectivity index (χ3v) is 5.54. The summed E-state index contributed by atoms with van der Waals surface area (Å²) in [5.41, 5.74) is 0. The molecule has 0 fully saturated rings. The topological polar surface area (TPSA) is 227 Å². The molecular weight excluding hydrogens is 699 g/mol. The summed E-state index contributed by atoms with van der Waals surface area (Å²) in [6, 6.07) is 0. The maximum atomic E-state index is 11.2. The largest absolute Gasteiger partial charge is 3.00 e. The molecule has 0 rings (SSSR count). The molecule has 0 aromatic rings. The molecule has 0 bridgehead atoms. The van der Waals surface area contributed by atoms with Gasteiger partial charge < -0.3 is 58.1 Å². The number of ketones is 3. The SMILES string of the molecule is CC(C)OC(CCC(=O)CC(=O)[O-])OC(C)C.CC(C)OC(CCC(=O)CC(=O)[O-])OC(C)C.CC(C)OC(CCC(=O)CC(=O)[O-])OC(C)C.[Al+3]. The van der Waals surface area contributed by atoms with Crippen molar-refractivity contribution < 1.29 is 72.5 Å². The Hall–Kier alpha value is -2.29. The molecule has 0 spiro atoms. The van der Waals surface area contributed by atoms with Crippen LogP contribution in [-0.4, -0.2) is 108 Å². The smallest absolute Gasteiger partial charge is 0.550 e. The van der Waals surface area contributed by atoms with Crippen molar-refractivity contribution in [2.24, 2.45) is 0 Å². The van der Waals surface area contributed by atoms with Gasteiger partial charge in [-0.25, -0.2) is 0 Å². The van der Waals surface area contributed by atoms with Crippen LogP contribution >= 0.6 is 0 Å². The first kappa shape index (κ1) is 56.5. The standard InChI is InChI=1S/3C12H22O5.Al/c3*1-8(2)16-12(17-9(3)4)6-5-10(13)7-11(14)15;/h3*8-9,12H,5-7H2,1-4H3,(H,14,15);/q;;;+3/p-3. The van der Waals surface area contributed by atoms with Gasteiger partial charge in [0.25, 0.3) is 0 Å². The number of aliphatic carboxylic acids is 3. The minimum absolute atomic E-state index is 0. The Kier molecular flexibility index (Phi) is 36.1. The van der Waals surface area contributed by atoms with Gasteiger partial charge in [0.15, 0.2) is 18.9 Å². The van der Waals surface area contributed by atoms with Gasteiger partial charge in [0.05, 0.1) is 36.6 Å². The first-order chi connectivity index (χ1) is 23.4. The maximum absolute atomic E-state index is 11.2. The van der Waals surface area contributed by atoms with Crippen molar-refractivity contribution >= 4 is 52.6 Å². The van der Waals surface area contributed by atoms with E-state index >= 15 is 0 Å². The van der Waals surface area contributed by atoms with Crippen LogP contribution in [0.3, 0.4) is 0 Å². The van der Waals surface area contributed by atoms with Gasteiger partial charge in [0.2, 0.25) is 0 Å². The number of carbonyl (C=O) groups excluding carboxylic acids is 6. The van der Waals surface area contributed by atoms with Crippen LogP contribution in [0.15, 0.2) is 0 Å². The first-order valence-electron chi connectivity index (χ1n) is 17.5. The van der Waals surface area contributed by atoms with Crippen LogP contribution in [0.25, 0.3) is 0 Å². The number of rotatable bonds is 27. The molecule has 0 unspecified atom stereocenters. The predicted octanol–water partition coefficient (Wildman–Crippen LogP) is 1.57. The monoisotopic (exact) mass is 762 g/mol. The summed E-state index contributed by atoms with van der Waals surface area (Å²) in [6.45, 7) is 22.5. The van der Waals surface area contributed by atoms with E-state index in [9.17, 15) is 44.1 Å². The van der Waals surface area contributed by atoms with Crippen LogP contribution in [0.1, 0.15) is 141 Å². The maximum Gasteiger partial charge on any atom is 3.00 e. The van der Waals surface area contributed by atoms with E-state index in [1.807, 2.05) is 83.1 Å². The molecular formula is C36H63AlO15. The Morgan fingerprint density at radius 2 is 0.519 bits per heavy atom. The molecule has 0 heterocycles. The summed E-state index contributed by atoms with van der Waals surface area (Å²) in [6.07, 6.45) is -1.62. The number of carboxylic acids is 3. The summed E-state index contributed by atoms with van der Waals surface area (Å²) in [7, 11) is 0. The fourth-order valence-corrected chi connectivity index (χ4v) is 3.91.